The Balaban J connectivity index is 0. The minimum absolute atomic E-state index is 0.278. The molecule has 0 bridgehead atoms. The van der Waals surface area contributed by atoms with Gasteiger partial charge in [-0.25, -0.2) is 8.42 Å². The van der Waals surface area contributed by atoms with Crippen molar-refractivity contribution in [2.24, 2.45) is 0 Å². The zero-order chi connectivity index (χ0) is 21.7. The quantitative estimate of drug-likeness (QED) is 0.169. The summed E-state index contributed by atoms with van der Waals surface area (Å²) in [7, 11) is -4.02. The molecular weight excluding hydrogens is 374 g/mol. The number of nitrogens with zero attached hydrogens (tertiary/aromatic N) is 1. The van der Waals surface area contributed by atoms with Gasteiger partial charge in [-0.3, -0.25) is 0 Å². The monoisotopic (exact) mass is 423 g/mol. The molecule has 0 aromatic rings. The summed E-state index contributed by atoms with van der Waals surface area (Å²) >= 11 is 0. The number of rotatable bonds is 18. The fraction of sp³-hybridized carbons (Fsp3) is 1.00. The van der Waals surface area contributed by atoms with Crippen molar-refractivity contribution in [2.45, 2.75) is 98.8 Å². The van der Waals surface area contributed by atoms with Crippen molar-refractivity contribution >= 4 is 10.1 Å². The van der Waals surface area contributed by atoms with Crippen LogP contribution in [0.5, 0.6) is 0 Å². The molecule has 0 radical (unpaired) electrons. The summed E-state index contributed by atoms with van der Waals surface area (Å²) in [5, 5.41) is 0. The van der Waals surface area contributed by atoms with Crippen molar-refractivity contribution in [1.29, 1.82) is 0 Å². The second-order valence-electron chi connectivity index (χ2n) is 7.82. The van der Waals surface area contributed by atoms with Crippen molar-refractivity contribution in [3.63, 3.8) is 0 Å². The molecule has 6 heteroatoms. The van der Waals surface area contributed by atoms with E-state index in [0.717, 1.165) is 0 Å². The molecule has 172 valence electrons. The molecule has 0 saturated heterocycles. The molecule has 0 aliphatic carbocycles. The van der Waals surface area contributed by atoms with Gasteiger partial charge in [0.2, 0.25) is 0 Å². The lowest BCUT2D eigenvalue weighted by atomic mass is 10.1. The van der Waals surface area contributed by atoms with Crippen LogP contribution in [0.25, 0.3) is 0 Å². The van der Waals surface area contributed by atoms with E-state index in [2.05, 4.69) is 27.7 Å². The fourth-order valence-electron chi connectivity index (χ4n) is 3.27. The summed E-state index contributed by atoms with van der Waals surface area (Å²) in [4.78, 5) is 0. The van der Waals surface area contributed by atoms with E-state index >= 15 is 0 Å². The van der Waals surface area contributed by atoms with E-state index in [9.17, 15) is 13.0 Å². The van der Waals surface area contributed by atoms with Gasteiger partial charge in [0.05, 0.1) is 36.3 Å². The third-order valence-corrected chi connectivity index (χ3v) is 5.87. The molecule has 0 rings (SSSR count). The van der Waals surface area contributed by atoms with Gasteiger partial charge in [0, 0.05) is 19.0 Å². The van der Waals surface area contributed by atoms with Crippen LogP contribution in [0.2, 0.25) is 0 Å². The molecule has 0 unspecified atom stereocenters. The summed E-state index contributed by atoms with van der Waals surface area (Å²) in [5.74, 6) is -0.278. The average molecular weight is 424 g/mol. The van der Waals surface area contributed by atoms with Crippen LogP contribution in [0.15, 0.2) is 0 Å². The average Bonchev–Trinajstić information content (AvgIpc) is 2.66. The fourth-order valence-corrected chi connectivity index (χ4v) is 3.83. The van der Waals surface area contributed by atoms with Gasteiger partial charge in [-0.2, -0.15) is 0 Å². The molecule has 0 aliphatic heterocycles. The van der Waals surface area contributed by atoms with Crippen molar-refractivity contribution in [2.75, 3.05) is 45.1 Å². The Labute approximate surface area is 176 Å². The first-order valence-electron chi connectivity index (χ1n) is 11.7. The summed E-state index contributed by atoms with van der Waals surface area (Å²) in [6.07, 6.45) is 12.1. The summed E-state index contributed by atoms with van der Waals surface area (Å²) < 4.78 is 36.6. The highest BCUT2D eigenvalue weighted by atomic mass is 32.2. The Hall–Kier alpha value is -0.170. The normalized spacial score (nSPS) is 11.9. The van der Waals surface area contributed by atoms with Gasteiger partial charge in [0.1, 0.15) is 0 Å². The number of hydrogen-bond donors (Lipinski definition) is 0. The topological polar surface area (TPSA) is 66.4 Å². The highest BCUT2D eigenvalue weighted by Gasteiger charge is 2.24. The van der Waals surface area contributed by atoms with E-state index in [1.165, 1.54) is 82.0 Å². The van der Waals surface area contributed by atoms with Crippen LogP contribution in [-0.2, 0) is 14.9 Å². The first-order valence-corrected chi connectivity index (χ1v) is 13.2. The number of unbranched alkanes of at least 4 members (excludes halogenated alkanes) is 5. The maximum Gasteiger partial charge on any atom is 0.0945 e. The van der Waals surface area contributed by atoms with Gasteiger partial charge in [-0.15, -0.1) is 0 Å². The molecule has 0 saturated carbocycles. The Morgan fingerprint density at radius 2 is 1.07 bits per heavy atom. The highest BCUT2D eigenvalue weighted by molar-refractivity contribution is 7.85. The summed E-state index contributed by atoms with van der Waals surface area (Å²) in [5.41, 5.74) is 0. The molecule has 0 N–H and O–H groups in total. The minimum atomic E-state index is -4.02. The van der Waals surface area contributed by atoms with Gasteiger partial charge in [-0.1, -0.05) is 53.4 Å². The molecule has 0 heterocycles. The summed E-state index contributed by atoms with van der Waals surface area (Å²) in [6.45, 7) is 18.0. The van der Waals surface area contributed by atoms with Gasteiger partial charge in [0.15, 0.2) is 0 Å². The van der Waals surface area contributed by atoms with Gasteiger partial charge in [-0.05, 0) is 45.4 Å². The SMILES string of the molecule is CCCC[N+](CCCC)(CCCC)CCCC.CCOCCCCS(=O)(=O)[O-]. The van der Waals surface area contributed by atoms with Crippen molar-refractivity contribution in [3.8, 4) is 0 Å². The van der Waals surface area contributed by atoms with Crippen LogP contribution >= 0.6 is 0 Å². The molecule has 0 fully saturated rings. The smallest absolute Gasteiger partial charge is 0.0945 e. The third-order valence-electron chi connectivity index (χ3n) is 5.08. The van der Waals surface area contributed by atoms with E-state index in [1.807, 2.05) is 6.92 Å². The van der Waals surface area contributed by atoms with Crippen molar-refractivity contribution in [3.05, 3.63) is 0 Å². The van der Waals surface area contributed by atoms with E-state index in [-0.39, 0.29) is 5.75 Å². The van der Waals surface area contributed by atoms with E-state index in [4.69, 9.17) is 4.74 Å². The predicted molar refractivity (Wildman–Crippen MR) is 120 cm³/mol. The Morgan fingerprint density at radius 1 is 0.679 bits per heavy atom. The maximum atomic E-state index is 10.1. The zero-order valence-electron chi connectivity index (χ0n) is 19.5. The van der Waals surface area contributed by atoms with E-state index in [1.54, 1.807) is 0 Å². The van der Waals surface area contributed by atoms with Gasteiger partial charge in [0.25, 0.3) is 0 Å². The molecule has 0 aliphatic rings. The van der Waals surface area contributed by atoms with Crippen LogP contribution in [0.3, 0.4) is 0 Å². The molecule has 0 atom stereocenters. The molecule has 0 spiro atoms. The Morgan fingerprint density at radius 3 is 1.36 bits per heavy atom. The van der Waals surface area contributed by atoms with Gasteiger partial charge < -0.3 is 13.8 Å². The lowest BCUT2D eigenvalue weighted by Gasteiger charge is -2.39. The zero-order valence-corrected chi connectivity index (χ0v) is 20.3. The molecular formula is C22H49NO4S. The first kappa shape index (κ1) is 30.0. The first-order chi connectivity index (χ1) is 13.3. The molecule has 0 aromatic heterocycles. The van der Waals surface area contributed by atoms with Crippen LogP contribution in [0.4, 0.5) is 0 Å². The summed E-state index contributed by atoms with van der Waals surface area (Å²) in [6, 6.07) is 0. The largest absolute Gasteiger partial charge is 0.748 e. The maximum absolute atomic E-state index is 10.1. The third kappa shape index (κ3) is 20.6. The lowest BCUT2D eigenvalue weighted by Crippen LogP contribution is -2.50. The molecule has 0 amide bonds. The number of hydrogen-bond acceptors (Lipinski definition) is 4. The van der Waals surface area contributed by atoms with E-state index in [0.29, 0.717) is 26.1 Å². The molecule has 28 heavy (non-hydrogen) atoms. The second-order valence-corrected chi connectivity index (χ2v) is 9.34. The van der Waals surface area contributed by atoms with Crippen LogP contribution in [0.1, 0.15) is 98.8 Å². The standard InChI is InChI=1S/C16H36N.C6H14O4S/c1-5-9-13-17(14-10-6-2,15-11-7-3)16-12-8-4;1-2-10-5-3-4-6-11(7,8)9/h5-16H2,1-4H3;2-6H2,1H3,(H,7,8,9)/q+1;/p-1. The lowest BCUT2D eigenvalue weighted by molar-refractivity contribution is -0.929. The Kier molecular flexibility index (Phi) is 21.6. The predicted octanol–water partition coefficient (Wildman–Crippen LogP) is 5.35. The van der Waals surface area contributed by atoms with Crippen LogP contribution in [0, 0.1) is 0 Å². The van der Waals surface area contributed by atoms with Crippen LogP contribution in [-0.4, -0.2) is 62.6 Å². The van der Waals surface area contributed by atoms with Crippen molar-refractivity contribution < 1.29 is 22.2 Å². The highest BCUT2D eigenvalue weighted by Crippen LogP contribution is 2.16. The second kappa shape index (κ2) is 20.1. The number of ether oxygens (including phenoxy) is 1. The van der Waals surface area contributed by atoms with Crippen LogP contribution < -0.4 is 0 Å². The minimum Gasteiger partial charge on any atom is -0.748 e. The number of quaternary nitrogens is 1. The van der Waals surface area contributed by atoms with Gasteiger partial charge >= 0.3 is 0 Å². The molecule has 5 nitrogen and oxygen atoms in total. The van der Waals surface area contributed by atoms with Crippen molar-refractivity contribution in [1.82, 2.24) is 0 Å². The van der Waals surface area contributed by atoms with E-state index < -0.39 is 10.1 Å². The Bertz CT molecular complexity index is 375. The molecule has 0 aromatic carbocycles.